The number of hydrogen-bond donors (Lipinski definition) is 2. The number of carbonyl (C=O) groups is 2. The van der Waals surface area contributed by atoms with Gasteiger partial charge in [0.25, 0.3) is 5.91 Å². The monoisotopic (exact) mass is 332 g/mol. The Morgan fingerprint density at radius 3 is 2.57 bits per heavy atom. The van der Waals surface area contributed by atoms with Crippen LogP contribution >= 0.6 is 11.3 Å². The van der Waals surface area contributed by atoms with Crippen LogP contribution in [0.25, 0.3) is 10.6 Å². The first-order valence-corrected chi connectivity index (χ1v) is 8.56. The minimum atomic E-state index is -0.754. The molecule has 2 aromatic rings. The summed E-state index contributed by atoms with van der Waals surface area (Å²) in [6.07, 6.45) is 3.54. The molecule has 1 amide bonds. The quantitative estimate of drug-likeness (QED) is 0.688. The van der Waals surface area contributed by atoms with E-state index in [1.807, 2.05) is 30.3 Å². The van der Waals surface area contributed by atoms with Gasteiger partial charge in [0.2, 0.25) is 0 Å². The minimum Gasteiger partial charge on any atom is -0.481 e. The van der Waals surface area contributed by atoms with Gasteiger partial charge in [-0.1, -0.05) is 43.2 Å². The molecule has 5 nitrogen and oxygen atoms in total. The van der Waals surface area contributed by atoms with Crippen molar-refractivity contribution in [3.63, 3.8) is 0 Å². The second-order valence-corrected chi connectivity index (χ2v) is 6.08. The summed E-state index contributed by atoms with van der Waals surface area (Å²) >= 11 is 1.46. The fraction of sp³-hybridized carbons (Fsp3) is 0.353. The van der Waals surface area contributed by atoms with Crippen molar-refractivity contribution in [2.24, 2.45) is 0 Å². The number of hydrogen-bond acceptors (Lipinski definition) is 4. The van der Waals surface area contributed by atoms with E-state index in [9.17, 15) is 9.59 Å². The van der Waals surface area contributed by atoms with E-state index in [0.29, 0.717) is 18.7 Å². The van der Waals surface area contributed by atoms with Crippen molar-refractivity contribution in [2.75, 3.05) is 6.54 Å². The Hall–Kier alpha value is -2.21. The van der Waals surface area contributed by atoms with E-state index >= 15 is 0 Å². The Balaban J connectivity index is 1.70. The summed E-state index contributed by atoms with van der Waals surface area (Å²) in [6, 6.07) is 9.78. The first-order valence-electron chi connectivity index (χ1n) is 7.68. The molecule has 1 aromatic heterocycles. The topological polar surface area (TPSA) is 79.3 Å². The number of benzene rings is 1. The second-order valence-electron chi connectivity index (χ2n) is 5.22. The molecule has 6 heteroatoms. The average molecular weight is 332 g/mol. The van der Waals surface area contributed by atoms with Gasteiger partial charge in [-0.15, -0.1) is 11.3 Å². The Morgan fingerprint density at radius 2 is 1.83 bits per heavy atom. The second kappa shape index (κ2) is 9.05. The summed E-state index contributed by atoms with van der Waals surface area (Å²) < 4.78 is 0. The molecule has 122 valence electrons. The van der Waals surface area contributed by atoms with Gasteiger partial charge < -0.3 is 10.4 Å². The number of amides is 1. The van der Waals surface area contributed by atoms with Crippen molar-refractivity contribution < 1.29 is 14.7 Å². The zero-order chi connectivity index (χ0) is 16.5. The Labute approximate surface area is 139 Å². The fourth-order valence-corrected chi connectivity index (χ4v) is 2.94. The van der Waals surface area contributed by atoms with Gasteiger partial charge in [0.15, 0.2) is 0 Å². The number of carboxylic acids is 1. The lowest BCUT2D eigenvalue weighted by Gasteiger charge is -2.03. The molecule has 2 rings (SSSR count). The maximum Gasteiger partial charge on any atom is 0.303 e. The van der Waals surface area contributed by atoms with E-state index in [2.05, 4.69) is 10.3 Å². The highest BCUT2D eigenvalue weighted by Gasteiger charge is 2.11. The van der Waals surface area contributed by atoms with Crippen LogP contribution in [0.1, 0.15) is 42.6 Å². The zero-order valence-electron chi connectivity index (χ0n) is 12.8. The van der Waals surface area contributed by atoms with E-state index in [4.69, 9.17) is 5.11 Å². The van der Waals surface area contributed by atoms with Crippen molar-refractivity contribution in [3.8, 4) is 10.6 Å². The largest absolute Gasteiger partial charge is 0.481 e. The number of thiazole rings is 1. The third-order valence-electron chi connectivity index (χ3n) is 3.36. The third-order valence-corrected chi connectivity index (χ3v) is 4.25. The molecule has 0 aliphatic heterocycles. The van der Waals surface area contributed by atoms with Gasteiger partial charge in [0, 0.05) is 23.9 Å². The van der Waals surface area contributed by atoms with Gasteiger partial charge in [-0.2, -0.15) is 0 Å². The zero-order valence-corrected chi connectivity index (χ0v) is 13.6. The Bertz CT molecular complexity index is 640. The molecular weight excluding hydrogens is 312 g/mol. The summed E-state index contributed by atoms with van der Waals surface area (Å²) in [4.78, 5) is 26.8. The number of aliphatic carboxylic acids is 1. The third kappa shape index (κ3) is 5.83. The van der Waals surface area contributed by atoms with E-state index < -0.39 is 5.97 Å². The van der Waals surface area contributed by atoms with Crippen molar-refractivity contribution in [1.29, 1.82) is 0 Å². The molecule has 0 aliphatic carbocycles. The minimum absolute atomic E-state index is 0.158. The van der Waals surface area contributed by atoms with E-state index in [1.165, 1.54) is 11.3 Å². The van der Waals surface area contributed by atoms with E-state index in [-0.39, 0.29) is 12.3 Å². The first kappa shape index (κ1) is 17.1. The summed E-state index contributed by atoms with van der Waals surface area (Å²) in [7, 11) is 0. The maximum atomic E-state index is 12.0. The molecule has 1 heterocycles. The van der Waals surface area contributed by atoms with Crippen LogP contribution in [0.3, 0.4) is 0 Å². The van der Waals surface area contributed by atoms with Crippen LogP contribution in [0.15, 0.2) is 35.7 Å². The lowest BCUT2D eigenvalue weighted by Crippen LogP contribution is -2.24. The van der Waals surface area contributed by atoms with Crippen LogP contribution in [-0.2, 0) is 4.79 Å². The predicted octanol–water partition coefficient (Wildman–Crippen LogP) is 3.58. The molecule has 1 aromatic carbocycles. The molecule has 0 spiro atoms. The van der Waals surface area contributed by atoms with Crippen molar-refractivity contribution in [2.45, 2.75) is 32.1 Å². The van der Waals surface area contributed by atoms with Crippen molar-refractivity contribution in [3.05, 3.63) is 41.4 Å². The van der Waals surface area contributed by atoms with Gasteiger partial charge in [0.05, 0.1) is 0 Å². The van der Waals surface area contributed by atoms with Crippen LogP contribution in [-0.4, -0.2) is 28.5 Å². The highest BCUT2D eigenvalue weighted by atomic mass is 32.1. The van der Waals surface area contributed by atoms with E-state index in [1.54, 1.807) is 5.38 Å². The smallest absolute Gasteiger partial charge is 0.303 e. The van der Waals surface area contributed by atoms with Crippen LogP contribution in [0.2, 0.25) is 0 Å². The van der Waals surface area contributed by atoms with E-state index in [0.717, 1.165) is 29.8 Å². The summed E-state index contributed by atoms with van der Waals surface area (Å²) in [5.41, 5.74) is 1.45. The fourth-order valence-electron chi connectivity index (χ4n) is 2.14. The van der Waals surface area contributed by atoms with Gasteiger partial charge in [-0.05, 0) is 12.8 Å². The molecule has 0 atom stereocenters. The summed E-state index contributed by atoms with van der Waals surface area (Å²) in [5, 5.41) is 14.0. The van der Waals surface area contributed by atoms with Crippen LogP contribution in [0.4, 0.5) is 0 Å². The van der Waals surface area contributed by atoms with Gasteiger partial charge >= 0.3 is 5.97 Å². The first-order chi connectivity index (χ1) is 11.2. The van der Waals surface area contributed by atoms with Gasteiger partial charge in [-0.25, -0.2) is 4.98 Å². The number of unbranched alkanes of at least 4 members (excludes halogenated alkanes) is 3. The molecule has 23 heavy (non-hydrogen) atoms. The number of aromatic nitrogens is 1. The Kier molecular flexibility index (Phi) is 6.75. The number of rotatable bonds is 9. The number of carboxylic acid groups (broad SMARTS) is 1. The molecule has 0 saturated heterocycles. The van der Waals surface area contributed by atoms with Crippen LogP contribution < -0.4 is 5.32 Å². The molecule has 0 aliphatic rings. The number of nitrogens with one attached hydrogen (secondary N) is 1. The highest BCUT2D eigenvalue weighted by molar-refractivity contribution is 7.13. The number of carbonyl (C=O) groups excluding carboxylic acids is 1. The normalized spacial score (nSPS) is 10.4. The summed E-state index contributed by atoms with van der Waals surface area (Å²) in [5.74, 6) is -0.912. The Morgan fingerprint density at radius 1 is 1.09 bits per heavy atom. The average Bonchev–Trinajstić information content (AvgIpc) is 3.04. The van der Waals surface area contributed by atoms with Crippen LogP contribution in [0, 0.1) is 0 Å². The maximum absolute atomic E-state index is 12.0. The SMILES string of the molecule is O=C(O)CCCCCCNC(=O)c1csc(-c2ccccc2)n1. The molecule has 0 bridgehead atoms. The van der Waals surface area contributed by atoms with Gasteiger partial charge in [-0.3, -0.25) is 9.59 Å². The molecule has 0 unspecified atom stereocenters. The van der Waals surface area contributed by atoms with Crippen molar-refractivity contribution >= 4 is 23.2 Å². The molecule has 0 saturated carbocycles. The highest BCUT2D eigenvalue weighted by Crippen LogP contribution is 2.23. The lowest BCUT2D eigenvalue weighted by molar-refractivity contribution is -0.137. The van der Waals surface area contributed by atoms with Crippen LogP contribution in [0.5, 0.6) is 0 Å². The molecule has 2 N–H and O–H groups in total. The summed E-state index contributed by atoms with van der Waals surface area (Å²) in [6.45, 7) is 0.587. The van der Waals surface area contributed by atoms with Crippen molar-refractivity contribution in [1.82, 2.24) is 10.3 Å². The standard InChI is InChI=1S/C17H20N2O3S/c20-15(21)10-6-1-2-7-11-18-16(22)14-12-23-17(19-14)13-8-4-3-5-9-13/h3-5,8-9,12H,1-2,6-7,10-11H2,(H,18,22)(H,20,21). The molecular formula is C17H20N2O3S. The predicted molar refractivity (Wildman–Crippen MR) is 90.6 cm³/mol. The molecule has 0 fully saturated rings. The number of nitrogens with zero attached hydrogens (tertiary/aromatic N) is 1. The molecule has 0 radical (unpaired) electrons. The van der Waals surface area contributed by atoms with Gasteiger partial charge in [0.1, 0.15) is 10.7 Å². The lowest BCUT2D eigenvalue weighted by atomic mass is 10.1.